The first-order chi connectivity index (χ1) is 12.7. The molecule has 3 aliphatic heterocycles. The van der Waals surface area contributed by atoms with Gasteiger partial charge in [0.05, 0.1) is 5.54 Å². The summed E-state index contributed by atoms with van der Waals surface area (Å²) in [7, 11) is 2.08. The molecule has 6 heteroatoms. The van der Waals surface area contributed by atoms with Gasteiger partial charge in [-0.05, 0) is 54.8 Å². The highest BCUT2D eigenvalue weighted by atomic mass is 16.7. The van der Waals surface area contributed by atoms with E-state index in [0.717, 1.165) is 47.6 Å². The molecule has 1 aliphatic carbocycles. The van der Waals surface area contributed by atoms with Gasteiger partial charge in [-0.3, -0.25) is 4.90 Å². The maximum Gasteiger partial charge on any atom is 0.231 e. The fourth-order valence-corrected chi connectivity index (χ4v) is 4.99. The summed E-state index contributed by atoms with van der Waals surface area (Å²) in [6, 6.07) is 8.12. The van der Waals surface area contributed by atoms with Gasteiger partial charge in [0.25, 0.3) is 0 Å². The predicted molar refractivity (Wildman–Crippen MR) is 91.8 cm³/mol. The molecule has 2 aromatic carbocycles. The highest BCUT2D eigenvalue weighted by molar-refractivity contribution is 5.61. The Hall–Kier alpha value is -2.44. The van der Waals surface area contributed by atoms with Crippen molar-refractivity contribution in [3.63, 3.8) is 0 Å². The Kier molecular flexibility index (Phi) is 2.74. The highest BCUT2D eigenvalue weighted by Gasteiger charge is 2.54. The SMILES string of the molecule is CN1CCc2cc3c(cc2C12Cc1ccc4c(c1C2O)OCO4)OCO3. The lowest BCUT2D eigenvalue weighted by Crippen LogP contribution is -2.51. The second-order valence-corrected chi connectivity index (χ2v) is 7.41. The van der Waals surface area contributed by atoms with Crippen molar-refractivity contribution in [2.45, 2.75) is 24.5 Å². The zero-order valence-corrected chi connectivity index (χ0v) is 14.4. The van der Waals surface area contributed by atoms with Crippen LogP contribution in [0, 0.1) is 0 Å². The van der Waals surface area contributed by atoms with Gasteiger partial charge in [0, 0.05) is 12.1 Å². The zero-order valence-electron chi connectivity index (χ0n) is 14.4. The van der Waals surface area contributed by atoms with Crippen molar-refractivity contribution in [1.29, 1.82) is 0 Å². The number of hydrogen-bond acceptors (Lipinski definition) is 6. The topological polar surface area (TPSA) is 60.4 Å². The molecule has 0 amide bonds. The summed E-state index contributed by atoms with van der Waals surface area (Å²) in [4.78, 5) is 2.27. The van der Waals surface area contributed by atoms with Crippen LogP contribution in [0.2, 0.25) is 0 Å². The van der Waals surface area contributed by atoms with E-state index in [1.807, 2.05) is 6.07 Å². The summed E-state index contributed by atoms with van der Waals surface area (Å²) in [5, 5.41) is 11.5. The number of nitrogens with zero attached hydrogens (tertiary/aromatic N) is 1. The van der Waals surface area contributed by atoms with E-state index in [9.17, 15) is 5.11 Å². The Balaban J connectivity index is 1.57. The minimum absolute atomic E-state index is 0.205. The van der Waals surface area contributed by atoms with Gasteiger partial charge >= 0.3 is 0 Å². The molecule has 26 heavy (non-hydrogen) atoms. The molecule has 0 bridgehead atoms. The Morgan fingerprint density at radius 1 is 1.00 bits per heavy atom. The van der Waals surface area contributed by atoms with Gasteiger partial charge in [0.15, 0.2) is 23.0 Å². The Labute approximate surface area is 150 Å². The van der Waals surface area contributed by atoms with E-state index in [4.69, 9.17) is 18.9 Å². The minimum Gasteiger partial charge on any atom is -0.454 e. The Morgan fingerprint density at radius 2 is 1.77 bits per heavy atom. The molecule has 0 aromatic heterocycles. The van der Waals surface area contributed by atoms with Crippen molar-refractivity contribution in [3.8, 4) is 23.0 Å². The Morgan fingerprint density at radius 3 is 2.65 bits per heavy atom. The number of likely N-dealkylation sites (N-methyl/N-ethyl adjacent to an activating group) is 1. The molecule has 0 saturated heterocycles. The van der Waals surface area contributed by atoms with Gasteiger partial charge in [0.2, 0.25) is 13.6 Å². The van der Waals surface area contributed by atoms with Crippen LogP contribution >= 0.6 is 0 Å². The van der Waals surface area contributed by atoms with Gasteiger partial charge in [-0.1, -0.05) is 6.07 Å². The van der Waals surface area contributed by atoms with Crippen LogP contribution in [0.1, 0.15) is 28.4 Å². The second kappa shape index (κ2) is 4.84. The molecular weight excluding hydrogens is 334 g/mol. The Bertz CT molecular complexity index is 942. The number of ether oxygens (including phenoxy) is 4. The maximum atomic E-state index is 11.5. The number of aliphatic hydroxyl groups excluding tert-OH is 1. The van der Waals surface area contributed by atoms with Crippen LogP contribution in [0.5, 0.6) is 23.0 Å². The van der Waals surface area contributed by atoms with E-state index in [0.29, 0.717) is 11.5 Å². The molecular formula is C20H19NO5. The fourth-order valence-electron chi connectivity index (χ4n) is 4.99. The summed E-state index contributed by atoms with van der Waals surface area (Å²) < 4.78 is 22.4. The lowest BCUT2D eigenvalue weighted by molar-refractivity contribution is -0.0205. The smallest absolute Gasteiger partial charge is 0.231 e. The highest BCUT2D eigenvalue weighted by Crippen LogP contribution is 2.57. The third-order valence-corrected chi connectivity index (χ3v) is 6.32. The van der Waals surface area contributed by atoms with E-state index in [2.05, 4.69) is 30.1 Å². The lowest BCUT2D eigenvalue weighted by Gasteiger charge is -2.46. The third kappa shape index (κ3) is 1.64. The monoisotopic (exact) mass is 353 g/mol. The lowest BCUT2D eigenvalue weighted by atomic mass is 9.77. The van der Waals surface area contributed by atoms with E-state index in [1.54, 1.807) is 0 Å². The first kappa shape index (κ1) is 14.7. The molecule has 2 aromatic rings. The molecule has 2 unspecified atom stereocenters. The van der Waals surface area contributed by atoms with Gasteiger partial charge < -0.3 is 24.1 Å². The summed E-state index contributed by atoms with van der Waals surface area (Å²) in [6.07, 6.45) is 0.951. The number of rotatable bonds is 0. The van der Waals surface area contributed by atoms with Crippen LogP contribution in [-0.4, -0.2) is 37.2 Å². The van der Waals surface area contributed by atoms with Gasteiger partial charge in [0.1, 0.15) is 6.10 Å². The summed E-state index contributed by atoms with van der Waals surface area (Å²) in [5.41, 5.74) is 3.77. The van der Waals surface area contributed by atoms with Crippen LogP contribution in [0.4, 0.5) is 0 Å². The zero-order chi connectivity index (χ0) is 17.5. The molecule has 2 atom stereocenters. The van der Waals surface area contributed by atoms with Crippen molar-refractivity contribution in [3.05, 3.63) is 46.5 Å². The van der Waals surface area contributed by atoms with Crippen LogP contribution in [0.15, 0.2) is 24.3 Å². The van der Waals surface area contributed by atoms with Gasteiger partial charge in [-0.15, -0.1) is 0 Å². The molecule has 4 aliphatic rings. The maximum absolute atomic E-state index is 11.5. The van der Waals surface area contributed by atoms with Crippen molar-refractivity contribution >= 4 is 0 Å². The van der Waals surface area contributed by atoms with Crippen molar-refractivity contribution < 1.29 is 24.1 Å². The van der Waals surface area contributed by atoms with E-state index < -0.39 is 11.6 Å². The average molecular weight is 353 g/mol. The molecule has 0 fully saturated rings. The first-order valence-electron chi connectivity index (χ1n) is 8.92. The standard InChI is InChI=1S/C20H19NO5/c1-21-5-4-11-6-15-16(25-9-24-15)7-13(11)20(21)8-12-2-3-14-18(26-10-23-14)17(12)19(20)22/h2-3,6-7,19,22H,4-5,8-10H2,1H3. The van der Waals surface area contributed by atoms with E-state index in [1.165, 1.54) is 5.56 Å². The fraction of sp³-hybridized carbons (Fsp3) is 0.400. The molecule has 6 nitrogen and oxygen atoms in total. The number of aliphatic hydroxyl groups is 1. The number of hydrogen-bond donors (Lipinski definition) is 1. The van der Waals surface area contributed by atoms with Gasteiger partial charge in [-0.25, -0.2) is 0 Å². The van der Waals surface area contributed by atoms with Crippen molar-refractivity contribution in [2.24, 2.45) is 0 Å². The molecule has 1 N–H and O–H groups in total. The van der Waals surface area contributed by atoms with E-state index in [-0.39, 0.29) is 13.6 Å². The normalized spacial score (nSPS) is 27.7. The number of fused-ring (bicyclic) bond motifs is 6. The minimum atomic E-state index is -0.696. The molecule has 0 radical (unpaired) electrons. The van der Waals surface area contributed by atoms with Crippen molar-refractivity contribution in [1.82, 2.24) is 4.90 Å². The van der Waals surface area contributed by atoms with E-state index >= 15 is 0 Å². The molecule has 6 rings (SSSR count). The molecule has 0 saturated carbocycles. The van der Waals surface area contributed by atoms with Crippen LogP contribution < -0.4 is 18.9 Å². The van der Waals surface area contributed by atoms with Gasteiger partial charge in [-0.2, -0.15) is 0 Å². The summed E-state index contributed by atoms with van der Waals surface area (Å²) in [6.45, 7) is 1.33. The number of benzene rings is 2. The van der Waals surface area contributed by atoms with Crippen LogP contribution in [-0.2, 0) is 18.4 Å². The second-order valence-electron chi connectivity index (χ2n) is 7.41. The third-order valence-electron chi connectivity index (χ3n) is 6.32. The van der Waals surface area contributed by atoms with Crippen molar-refractivity contribution in [2.75, 3.05) is 27.2 Å². The summed E-state index contributed by atoms with van der Waals surface area (Å²) in [5.74, 6) is 2.95. The largest absolute Gasteiger partial charge is 0.454 e. The predicted octanol–water partition coefficient (Wildman–Crippen LogP) is 2.12. The average Bonchev–Trinajstić information content (AvgIpc) is 3.35. The molecule has 1 spiro atoms. The first-order valence-corrected chi connectivity index (χ1v) is 8.92. The summed E-state index contributed by atoms with van der Waals surface area (Å²) >= 11 is 0. The van der Waals surface area contributed by atoms with Crippen LogP contribution in [0.3, 0.4) is 0 Å². The quantitative estimate of drug-likeness (QED) is 0.783. The molecule has 3 heterocycles. The molecule has 134 valence electrons. The van der Waals surface area contributed by atoms with Crippen LogP contribution in [0.25, 0.3) is 0 Å².